The molecular weight excluding hydrogens is 499 g/mol. The number of hydrogen-bond donors (Lipinski definition) is 3. The van der Waals surface area contributed by atoms with E-state index in [1.165, 1.54) is 23.5 Å². The molecule has 1 unspecified atom stereocenters. The third kappa shape index (κ3) is 4.79. The fourth-order valence-corrected chi connectivity index (χ4v) is 6.08. The van der Waals surface area contributed by atoms with E-state index in [4.69, 9.17) is 0 Å². The number of hydrogen-bond acceptors (Lipinski definition) is 4. The number of amides is 2. The van der Waals surface area contributed by atoms with E-state index in [1.807, 2.05) is 37.3 Å². The van der Waals surface area contributed by atoms with Gasteiger partial charge < -0.3 is 15.6 Å². The summed E-state index contributed by atoms with van der Waals surface area (Å²) in [5, 5.41) is 7.41. The fourth-order valence-electron chi connectivity index (χ4n) is 5.17. The zero-order valence-corrected chi connectivity index (χ0v) is 21.7. The van der Waals surface area contributed by atoms with Gasteiger partial charge in [0.15, 0.2) is 5.13 Å². The molecule has 0 bridgehead atoms. The van der Waals surface area contributed by atoms with Gasteiger partial charge in [-0.05, 0) is 72.9 Å². The molecule has 3 aromatic carbocycles. The molecule has 0 saturated heterocycles. The van der Waals surface area contributed by atoms with Crippen LogP contribution in [0.1, 0.15) is 54.6 Å². The van der Waals surface area contributed by atoms with E-state index in [9.17, 15) is 14.0 Å². The molecule has 0 aliphatic heterocycles. The SMILES string of the molecule is CC(NC(=O)c1c[nH]c2ccc(-c3ccc4nc(NC(=O)C5CCCC5)sc4c3)cc12)c1cccc(F)c1. The summed E-state index contributed by atoms with van der Waals surface area (Å²) in [6, 6.07) is 17.9. The van der Waals surface area contributed by atoms with Crippen LogP contribution in [0, 0.1) is 11.7 Å². The van der Waals surface area contributed by atoms with Gasteiger partial charge in [0.25, 0.3) is 5.91 Å². The monoisotopic (exact) mass is 526 g/mol. The molecule has 192 valence electrons. The van der Waals surface area contributed by atoms with Crippen molar-refractivity contribution in [1.82, 2.24) is 15.3 Å². The number of carbonyl (C=O) groups is 2. The number of rotatable bonds is 6. The second-order valence-corrected chi connectivity index (χ2v) is 10.9. The summed E-state index contributed by atoms with van der Waals surface area (Å²) in [4.78, 5) is 33.4. The third-order valence-corrected chi connectivity index (χ3v) is 8.23. The highest BCUT2D eigenvalue weighted by Crippen LogP contribution is 2.33. The van der Waals surface area contributed by atoms with Crippen LogP contribution in [-0.4, -0.2) is 21.8 Å². The summed E-state index contributed by atoms with van der Waals surface area (Å²) < 4.78 is 14.6. The van der Waals surface area contributed by atoms with Gasteiger partial charge in [-0.3, -0.25) is 9.59 Å². The number of aromatic amines is 1. The van der Waals surface area contributed by atoms with Gasteiger partial charge in [0.2, 0.25) is 5.91 Å². The van der Waals surface area contributed by atoms with E-state index in [-0.39, 0.29) is 29.6 Å². The molecule has 0 radical (unpaired) electrons. The summed E-state index contributed by atoms with van der Waals surface area (Å²) >= 11 is 1.47. The number of aromatic nitrogens is 2. The Hall–Kier alpha value is -4.04. The summed E-state index contributed by atoms with van der Waals surface area (Å²) in [6.45, 7) is 1.83. The third-order valence-electron chi connectivity index (χ3n) is 7.30. The van der Waals surface area contributed by atoms with E-state index in [0.717, 1.165) is 57.9 Å². The lowest BCUT2D eigenvalue weighted by atomic mass is 10.0. The highest BCUT2D eigenvalue weighted by Gasteiger charge is 2.23. The van der Waals surface area contributed by atoms with E-state index >= 15 is 0 Å². The van der Waals surface area contributed by atoms with Crippen LogP contribution >= 0.6 is 11.3 Å². The molecule has 5 aromatic rings. The molecule has 0 spiro atoms. The molecular formula is C30H27FN4O2S. The number of anilines is 1. The number of carbonyl (C=O) groups excluding carboxylic acids is 2. The van der Waals surface area contributed by atoms with Gasteiger partial charge in [-0.15, -0.1) is 0 Å². The standard InChI is InChI=1S/C30H27FN4O2S/c1-17(19-7-4-8-22(31)13-19)33-29(37)24-16-32-25-11-9-20(14-23(24)25)21-10-12-26-27(15-21)38-30(34-26)35-28(36)18-5-2-3-6-18/h4,7-18,32H,2-3,5-6H2,1H3,(H,33,37)(H,34,35,36). The minimum absolute atomic E-state index is 0.0669. The maximum Gasteiger partial charge on any atom is 0.253 e. The van der Waals surface area contributed by atoms with Crippen molar-refractivity contribution in [2.45, 2.75) is 38.6 Å². The number of halogens is 1. The van der Waals surface area contributed by atoms with Crippen molar-refractivity contribution in [3.05, 3.63) is 83.8 Å². The Morgan fingerprint density at radius 1 is 1.05 bits per heavy atom. The van der Waals surface area contributed by atoms with Crippen molar-refractivity contribution in [2.75, 3.05) is 5.32 Å². The van der Waals surface area contributed by atoms with Crippen molar-refractivity contribution in [3.8, 4) is 11.1 Å². The van der Waals surface area contributed by atoms with Crippen LogP contribution in [-0.2, 0) is 4.79 Å². The predicted molar refractivity (Wildman–Crippen MR) is 150 cm³/mol. The van der Waals surface area contributed by atoms with Gasteiger partial charge in [0.1, 0.15) is 5.82 Å². The van der Waals surface area contributed by atoms with Gasteiger partial charge in [0.05, 0.1) is 21.8 Å². The van der Waals surface area contributed by atoms with Gasteiger partial charge >= 0.3 is 0 Å². The summed E-state index contributed by atoms with van der Waals surface area (Å²) in [5.41, 5.74) is 4.90. The predicted octanol–water partition coefficient (Wildman–Crippen LogP) is 7.20. The lowest BCUT2D eigenvalue weighted by Gasteiger charge is -2.14. The second kappa shape index (κ2) is 10.0. The summed E-state index contributed by atoms with van der Waals surface area (Å²) in [7, 11) is 0. The normalized spacial score (nSPS) is 14.7. The van der Waals surface area contributed by atoms with E-state index < -0.39 is 0 Å². The molecule has 6 rings (SSSR count). The molecule has 2 amide bonds. The van der Waals surface area contributed by atoms with Crippen LogP contribution < -0.4 is 10.6 Å². The molecule has 2 aromatic heterocycles. The first kappa shape index (κ1) is 24.3. The Balaban J connectivity index is 1.24. The number of H-pyrrole nitrogens is 1. The maximum absolute atomic E-state index is 13.6. The molecule has 1 fully saturated rings. The Kier molecular flexibility index (Phi) is 6.41. The van der Waals surface area contributed by atoms with E-state index in [1.54, 1.807) is 18.3 Å². The first-order valence-electron chi connectivity index (χ1n) is 12.8. The van der Waals surface area contributed by atoms with Gasteiger partial charge in [-0.2, -0.15) is 0 Å². The largest absolute Gasteiger partial charge is 0.360 e. The van der Waals surface area contributed by atoms with Crippen molar-refractivity contribution >= 4 is 49.4 Å². The number of nitrogens with zero attached hydrogens (tertiary/aromatic N) is 1. The highest BCUT2D eigenvalue weighted by molar-refractivity contribution is 7.22. The molecule has 1 aliphatic rings. The first-order chi connectivity index (χ1) is 18.4. The number of benzene rings is 3. The molecule has 1 aliphatic carbocycles. The molecule has 38 heavy (non-hydrogen) atoms. The van der Waals surface area contributed by atoms with Crippen molar-refractivity contribution in [1.29, 1.82) is 0 Å². The molecule has 6 nitrogen and oxygen atoms in total. The topological polar surface area (TPSA) is 86.9 Å². The molecule has 1 saturated carbocycles. The number of thiazole rings is 1. The number of nitrogens with one attached hydrogen (secondary N) is 3. The summed E-state index contributed by atoms with van der Waals surface area (Å²) in [6.07, 6.45) is 5.83. The van der Waals surface area contributed by atoms with Crippen molar-refractivity contribution in [2.24, 2.45) is 5.92 Å². The molecule has 1 atom stereocenters. The Morgan fingerprint density at radius 3 is 2.66 bits per heavy atom. The van der Waals surface area contributed by atoms with Crippen LogP contribution in [0.5, 0.6) is 0 Å². The minimum atomic E-state index is -0.344. The van der Waals surface area contributed by atoms with Crippen LogP contribution in [0.25, 0.3) is 32.2 Å². The van der Waals surface area contributed by atoms with Crippen LogP contribution in [0.2, 0.25) is 0 Å². The van der Waals surface area contributed by atoms with Crippen molar-refractivity contribution < 1.29 is 14.0 Å². The van der Waals surface area contributed by atoms with E-state index in [0.29, 0.717) is 16.3 Å². The molecule has 2 heterocycles. The lowest BCUT2D eigenvalue weighted by molar-refractivity contribution is -0.119. The van der Waals surface area contributed by atoms with Gasteiger partial charge in [-0.25, -0.2) is 9.37 Å². The quantitative estimate of drug-likeness (QED) is 0.219. The molecule has 3 N–H and O–H groups in total. The Labute approximate surface area is 223 Å². The number of fused-ring (bicyclic) bond motifs is 2. The zero-order valence-electron chi connectivity index (χ0n) is 20.9. The fraction of sp³-hybridized carbons (Fsp3) is 0.233. The first-order valence-corrected chi connectivity index (χ1v) is 13.7. The lowest BCUT2D eigenvalue weighted by Crippen LogP contribution is -2.26. The van der Waals surface area contributed by atoms with Gasteiger partial charge in [0, 0.05) is 23.0 Å². The average molecular weight is 527 g/mol. The van der Waals surface area contributed by atoms with Crippen LogP contribution in [0.4, 0.5) is 9.52 Å². The van der Waals surface area contributed by atoms with Crippen LogP contribution in [0.15, 0.2) is 66.9 Å². The summed E-state index contributed by atoms with van der Waals surface area (Å²) in [5.74, 6) is -0.404. The van der Waals surface area contributed by atoms with Gasteiger partial charge in [-0.1, -0.05) is 48.4 Å². The minimum Gasteiger partial charge on any atom is -0.360 e. The highest BCUT2D eigenvalue weighted by atomic mass is 32.1. The van der Waals surface area contributed by atoms with Crippen molar-refractivity contribution in [3.63, 3.8) is 0 Å². The zero-order chi connectivity index (χ0) is 26.2. The Bertz CT molecular complexity index is 1670. The second-order valence-electron chi connectivity index (χ2n) is 9.89. The average Bonchev–Trinajstić information content (AvgIpc) is 3.67. The van der Waals surface area contributed by atoms with E-state index in [2.05, 4.69) is 26.7 Å². The maximum atomic E-state index is 13.6. The van der Waals surface area contributed by atoms with Crippen LogP contribution in [0.3, 0.4) is 0 Å². The molecule has 8 heteroatoms. The Morgan fingerprint density at radius 2 is 1.84 bits per heavy atom. The smallest absolute Gasteiger partial charge is 0.253 e.